The summed E-state index contributed by atoms with van der Waals surface area (Å²) in [6.07, 6.45) is 13.1. The quantitative estimate of drug-likeness (QED) is 0.205. The van der Waals surface area contributed by atoms with Gasteiger partial charge in [0.15, 0.2) is 0 Å². The van der Waals surface area contributed by atoms with E-state index in [1.54, 1.807) is 24.1 Å². The zero-order valence-corrected chi connectivity index (χ0v) is 21.4. The molecule has 0 rings (SSSR count). The first-order valence-electron chi connectivity index (χ1n) is 11.9. The lowest BCUT2D eigenvalue weighted by Crippen LogP contribution is -2.21. The van der Waals surface area contributed by atoms with E-state index in [1.165, 1.54) is 64.2 Å². The normalized spacial score (nSPS) is 16.7. The lowest BCUT2D eigenvalue weighted by molar-refractivity contribution is 0.381. The molecule has 0 aliphatic rings. The molecule has 0 saturated carbocycles. The highest BCUT2D eigenvalue weighted by molar-refractivity contribution is 8.08. The van der Waals surface area contributed by atoms with Gasteiger partial charge in [-0.05, 0) is 49.4 Å². The number of hydrogen-bond acceptors (Lipinski definition) is 3. The lowest BCUT2D eigenvalue weighted by Gasteiger charge is -2.29. The summed E-state index contributed by atoms with van der Waals surface area (Å²) in [5.41, 5.74) is 0. The predicted molar refractivity (Wildman–Crippen MR) is 129 cm³/mol. The maximum atomic E-state index is 6.32. The van der Waals surface area contributed by atoms with Crippen molar-refractivity contribution in [2.45, 2.75) is 130 Å². The standard InChI is InChI=1S/C24H50OS2/c1-9-13-15-21(11-3)23(17-19(5)6)26-25-27-24(18-20(7)8)22(12-4)16-14-10-2/h19-24H,9-18H2,1-8H3. The van der Waals surface area contributed by atoms with Crippen molar-refractivity contribution < 1.29 is 3.63 Å². The Balaban J connectivity index is 4.81. The maximum absolute atomic E-state index is 6.32. The second-order valence-corrected chi connectivity index (χ2v) is 11.4. The van der Waals surface area contributed by atoms with Gasteiger partial charge in [0.2, 0.25) is 0 Å². The van der Waals surface area contributed by atoms with Gasteiger partial charge < -0.3 is 0 Å². The van der Waals surface area contributed by atoms with Gasteiger partial charge in [0.1, 0.15) is 0 Å². The molecule has 0 bridgehead atoms. The fraction of sp³-hybridized carbons (Fsp3) is 1.00. The van der Waals surface area contributed by atoms with Crippen LogP contribution in [0.15, 0.2) is 0 Å². The second kappa shape index (κ2) is 17.5. The number of rotatable bonds is 18. The van der Waals surface area contributed by atoms with E-state index >= 15 is 0 Å². The molecule has 0 aliphatic carbocycles. The van der Waals surface area contributed by atoms with Crippen molar-refractivity contribution in [3.8, 4) is 0 Å². The summed E-state index contributed by atoms with van der Waals surface area (Å²) in [7, 11) is 0. The van der Waals surface area contributed by atoms with Gasteiger partial charge in [0, 0.05) is 34.6 Å². The summed E-state index contributed by atoms with van der Waals surface area (Å²) in [5, 5.41) is 1.29. The summed E-state index contributed by atoms with van der Waals surface area (Å²) in [6, 6.07) is 0. The minimum absolute atomic E-state index is 0.643. The third kappa shape index (κ3) is 13.5. The Morgan fingerprint density at radius 2 is 1.00 bits per heavy atom. The van der Waals surface area contributed by atoms with E-state index in [1.807, 2.05) is 0 Å². The Labute approximate surface area is 181 Å². The van der Waals surface area contributed by atoms with Crippen LogP contribution in [-0.4, -0.2) is 10.5 Å². The molecule has 0 aliphatic heterocycles. The van der Waals surface area contributed by atoms with Gasteiger partial charge in [-0.3, -0.25) is 0 Å². The third-order valence-corrected chi connectivity index (χ3v) is 7.97. The Bertz CT molecular complexity index is 290. The molecule has 0 amide bonds. The van der Waals surface area contributed by atoms with Crippen LogP contribution in [-0.2, 0) is 3.63 Å². The van der Waals surface area contributed by atoms with Crippen LogP contribution in [0.5, 0.6) is 0 Å². The van der Waals surface area contributed by atoms with E-state index in [2.05, 4.69) is 55.4 Å². The fourth-order valence-corrected chi connectivity index (χ4v) is 6.80. The van der Waals surface area contributed by atoms with E-state index in [4.69, 9.17) is 3.63 Å². The fourth-order valence-electron chi connectivity index (χ4n) is 3.91. The van der Waals surface area contributed by atoms with Crippen molar-refractivity contribution in [1.29, 1.82) is 0 Å². The average Bonchev–Trinajstić information content (AvgIpc) is 2.61. The zero-order valence-electron chi connectivity index (χ0n) is 19.8. The Morgan fingerprint density at radius 1 is 0.630 bits per heavy atom. The topological polar surface area (TPSA) is 9.23 Å². The van der Waals surface area contributed by atoms with Gasteiger partial charge in [-0.1, -0.05) is 93.9 Å². The van der Waals surface area contributed by atoms with Gasteiger partial charge >= 0.3 is 0 Å². The SMILES string of the molecule is CCCCC(CC)C(CC(C)C)SOSC(CC(C)C)C(CC)CCCC. The Kier molecular flexibility index (Phi) is 17.9. The minimum atomic E-state index is 0.643. The molecule has 0 spiro atoms. The van der Waals surface area contributed by atoms with Crippen LogP contribution in [0.1, 0.15) is 120 Å². The average molecular weight is 419 g/mol. The van der Waals surface area contributed by atoms with Crippen LogP contribution in [0, 0.1) is 23.7 Å². The Morgan fingerprint density at radius 3 is 1.26 bits per heavy atom. The first-order chi connectivity index (χ1) is 12.9. The third-order valence-electron chi connectivity index (χ3n) is 5.69. The lowest BCUT2D eigenvalue weighted by atomic mass is 9.91. The molecule has 1 nitrogen and oxygen atoms in total. The summed E-state index contributed by atoms with van der Waals surface area (Å²) in [6.45, 7) is 18.8. The molecule has 0 aromatic carbocycles. The number of unbranched alkanes of at least 4 members (excludes halogenated alkanes) is 2. The van der Waals surface area contributed by atoms with Crippen molar-refractivity contribution in [3.63, 3.8) is 0 Å². The summed E-state index contributed by atoms with van der Waals surface area (Å²) < 4.78 is 6.32. The maximum Gasteiger partial charge on any atom is 0.0354 e. The molecule has 4 atom stereocenters. The molecule has 164 valence electrons. The van der Waals surface area contributed by atoms with Crippen molar-refractivity contribution in [1.82, 2.24) is 0 Å². The highest BCUT2D eigenvalue weighted by atomic mass is 32.2. The predicted octanol–water partition coefficient (Wildman–Crippen LogP) is 9.56. The first-order valence-corrected chi connectivity index (χ1v) is 13.5. The zero-order chi connectivity index (χ0) is 20.7. The van der Waals surface area contributed by atoms with Gasteiger partial charge in [-0.15, -0.1) is 0 Å². The van der Waals surface area contributed by atoms with Crippen LogP contribution < -0.4 is 0 Å². The summed E-state index contributed by atoms with van der Waals surface area (Å²) >= 11 is 3.61. The molecule has 0 N–H and O–H groups in total. The van der Waals surface area contributed by atoms with E-state index in [9.17, 15) is 0 Å². The van der Waals surface area contributed by atoms with Crippen LogP contribution in [0.3, 0.4) is 0 Å². The molecule has 0 aromatic rings. The molecule has 4 unspecified atom stereocenters. The molecular formula is C24H50OS2. The van der Waals surface area contributed by atoms with Gasteiger partial charge in [-0.2, -0.15) is 0 Å². The molecule has 0 heterocycles. The van der Waals surface area contributed by atoms with Crippen LogP contribution in [0.2, 0.25) is 0 Å². The second-order valence-electron chi connectivity index (χ2n) is 9.22. The molecule has 0 fully saturated rings. The molecule has 0 aromatic heterocycles. The molecule has 27 heavy (non-hydrogen) atoms. The molecule has 0 saturated heterocycles. The molecule has 3 heteroatoms. The van der Waals surface area contributed by atoms with Crippen LogP contribution >= 0.6 is 24.1 Å². The Hall–Kier alpha value is 0.660. The van der Waals surface area contributed by atoms with E-state index in [-0.39, 0.29) is 0 Å². The highest BCUT2D eigenvalue weighted by Crippen LogP contribution is 2.39. The van der Waals surface area contributed by atoms with Crippen LogP contribution in [0.4, 0.5) is 0 Å². The molecular weight excluding hydrogens is 368 g/mol. The largest absolute Gasteiger partial charge is 0.247 e. The van der Waals surface area contributed by atoms with E-state index in [0.717, 1.165) is 23.7 Å². The highest BCUT2D eigenvalue weighted by Gasteiger charge is 2.26. The van der Waals surface area contributed by atoms with Crippen molar-refractivity contribution in [2.75, 3.05) is 0 Å². The minimum Gasteiger partial charge on any atom is -0.247 e. The van der Waals surface area contributed by atoms with Crippen molar-refractivity contribution in [2.24, 2.45) is 23.7 Å². The van der Waals surface area contributed by atoms with Gasteiger partial charge in [-0.25, -0.2) is 3.63 Å². The van der Waals surface area contributed by atoms with Crippen LogP contribution in [0.25, 0.3) is 0 Å². The van der Waals surface area contributed by atoms with Crippen molar-refractivity contribution >= 4 is 24.1 Å². The summed E-state index contributed by atoms with van der Waals surface area (Å²) in [5.74, 6) is 3.07. The smallest absolute Gasteiger partial charge is 0.0354 e. The summed E-state index contributed by atoms with van der Waals surface area (Å²) in [4.78, 5) is 0. The van der Waals surface area contributed by atoms with E-state index in [0.29, 0.717) is 10.5 Å². The monoisotopic (exact) mass is 418 g/mol. The first kappa shape index (κ1) is 27.7. The van der Waals surface area contributed by atoms with Gasteiger partial charge in [0.25, 0.3) is 0 Å². The van der Waals surface area contributed by atoms with Gasteiger partial charge in [0.05, 0.1) is 0 Å². The number of hydrogen-bond donors (Lipinski definition) is 0. The molecule has 0 radical (unpaired) electrons. The van der Waals surface area contributed by atoms with E-state index < -0.39 is 0 Å². The van der Waals surface area contributed by atoms with Crippen molar-refractivity contribution in [3.05, 3.63) is 0 Å².